The Morgan fingerprint density at radius 1 is 1.14 bits per heavy atom. The highest BCUT2D eigenvalue weighted by atomic mass is 19.3. The molecule has 28 heavy (non-hydrogen) atoms. The molecule has 7 nitrogen and oxygen atoms in total. The summed E-state index contributed by atoms with van der Waals surface area (Å²) >= 11 is 0. The number of nitrogens with zero attached hydrogens (tertiary/aromatic N) is 4. The molecule has 1 amide bonds. The first-order chi connectivity index (χ1) is 13.6. The number of anilines is 1. The van der Waals surface area contributed by atoms with Gasteiger partial charge >= 0.3 is 6.61 Å². The number of aromatic nitrogens is 2. The van der Waals surface area contributed by atoms with Crippen molar-refractivity contribution in [1.82, 2.24) is 14.9 Å². The van der Waals surface area contributed by atoms with E-state index < -0.39 is 6.61 Å². The quantitative estimate of drug-likeness (QED) is 0.706. The maximum atomic E-state index is 12.4. The van der Waals surface area contributed by atoms with E-state index in [2.05, 4.69) is 14.7 Å². The summed E-state index contributed by atoms with van der Waals surface area (Å²) in [6.07, 6.45) is 6.45. The van der Waals surface area contributed by atoms with Gasteiger partial charge in [-0.05, 0) is 29.8 Å². The maximum absolute atomic E-state index is 12.4. The smallest absolute Gasteiger partial charge is 0.387 e. The second-order valence-corrected chi connectivity index (χ2v) is 5.98. The van der Waals surface area contributed by atoms with Gasteiger partial charge in [0.15, 0.2) is 11.5 Å². The van der Waals surface area contributed by atoms with Crippen LogP contribution in [0.5, 0.6) is 11.5 Å². The van der Waals surface area contributed by atoms with E-state index in [1.54, 1.807) is 35.5 Å². The minimum atomic E-state index is -2.93. The van der Waals surface area contributed by atoms with Crippen molar-refractivity contribution in [2.45, 2.75) is 6.61 Å². The highest BCUT2D eigenvalue weighted by Gasteiger charge is 2.21. The van der Waals surface area contributed by atoms with E-state index in [1.807, 2.05) is 4.90 Å². The Morgan fingerprint density at radius 3 is 2.50 bits per heavy atom. The molecule has 9 heteroatoms. The number of amides is 1. The van der Waals surface area contributed by atoms with Crippen molar-refractivity contribution in [3.63, 3.8) is 0 Å². The van der Waals surface area contributed by atoms with E-state index >= 15 is 0 Å². The van der Waals surface area contributed by atoms with Crippen LogP contribution in [0, 0.1) is 0 Å². The summed E-state index contributed by atoms with van der Waals surface area (Å²) in [7, 11) is 1.36. The van der Waals surface area contributed by atoms with Crippen LogP contribution in [0.15, 0.2) is 42.7 Å². The Bertz CT molecular complexity index is 825. The zero-order valence-corrected chi connectivity index (χ0v) is 15.3. The van der Waals surface area contributed by atoms with Gasteiger partial charge in [-0.2, -0.15) is 8.78 Å². The SMILES string of the molecule is COc1cc(C=CC(=O)N2CCN(c3ncccn3)CC2)ccc1OC(F)F. The van der Waals surface area contributed by atoms with E-state index in [9.17, 15) is 13.6 Å². The average Bonchev–Trinajstić information content (AvgIpc) is 2.73. The number of ether oxygens (including phenoxy) is 2. The molecule has 3 rings (SSSR count). The third-order valence-corrected chi connectivity index (χ3v) is 4.25. The van der Waals surface area contributed by atoms with Gasteiger partial charge < -0.3 is 19.3 Å². The lowest BCUT2D eigenvalue weighted by molar-refractivity contribution is -0.126. The highest BCUT2D eigenvalue weighted by molar-refractivity contribution is 5.92. The number of benzene rings is 1. The number of halogens is 2. The molecule has 1 fully saturated rings. The largest absolute Gasteiger partial charge is 0.493 e. The molecular formula is C19H20F2N4O3. The van der Waals surface area contributed by atoms with Crippen molar-refractivity contribution in [3.8, 4) is 11.5 Å². The topological polar surface area (TPSA) is 67.8 Å². The van der Waals surface area contributed by atoms with Gasteiger partial charge in [0.2, 0.25) is 11.9 Å². The number of alkyl halides is 2. The van der Waals surface area contributed by atoms with Crippen molar-refractivity contribution >= 4 is 17.9 Å². The Balaban J connectivity index is 1.58. The molecule has 0 spiro atoms. The Kier molecular flexibility index (Phi) is 6.36. The number of piperazine rings is 1. The van der Waals surface area contributed by atoms with Crippen LogP contribution in [-0.2, 0) is 4.79 Å². The Labute approximate surface area is 161 Å². The second kappa shape index (κ2) is 9.12. The predicted octanol–water partition coefficient (Wildman–Crippen LogP) is 2.45. The molecule has 1 aromatic heterocycles. The van der Waals surface area contributed by atoms with Crippen LogP contribution in [0.1, 0.15) is 5.56 Å². The fourth-order valence-corrected chi connectivity index (χ4v) is 2.84. The van der Waals surface area contributed by atoms with Gasteiger partial charge in [0.25, 0.3) is 0 Å². The third kappa shape index (κ3) is 4.93. The van der Waals surface area contributed by atoms with Gasteiger partial charge in [0, 0.05) is 44.6 Å². The van der Waals surface area contributed by atoms with Gasteiger partial charge in [-0.15, -0.1) is 0 Å². The lowest BCUT2D eigenvalue weighted by Crippen LogP contribution is -2.48. The number of carbonyl (C=O) groups excluding carboxylic acids is 1. The fraction of sp³-hybridized carbons (Fsp3) is 0.316. The van der Waals surface area contributed by atoms with Crippen molar-refractivity contribution < 1.29 is 23.0 Å². The molecule has 0 saturated carbocycles. The molecule has 1 aliphatic rings. The molecule has 2 heterocycles. The van der Waals surface area contributed by atoms with Crippen molar-refractivity contribution in [2.75, 3.05) is 38.2 Å². The van der Waals surface area contributed by atoms with Crippen LogP contribution in [-0.4, -0.2) is 60.7 Å². The number of hydrogen-bond donors (Lipinski definition) is 0. The molecule has 1 saturated heterocycles. The molecule has 0 aliphatic carbocycles. The number of carbonyl (C=O) groups is 1. The third-order valence-electron chi connectivity index (χ3n) is 4.25. The zero-order chi connectivity index (χ0) is 19.9. The summed E-state index contributed by atoms with van der Waals surface area (Å²) < 4.78 is 34.2. The van der Waals surface area contributed by atoms with Crippen molar-refractivity contribution in [3.05, 3.63) is 48.3 Å². The molecule has 0 bridgehead atoms. The molecule has 148 valence electrons. The van der Waals surface area contributed by atoms with E-state index in [-0.39, 0.29) is 17.4 Å². The van der Waals surface area contributed by atoms with E-state index in [4.69, 9.17) is 4.74 Å². The first kappa shape index (κ1) is 19.5. The molecule has 0 radical (unpaired) electrons. The zero-order valence-electron chi connectivity index (χ0n) is 15.3. The van der Waals surface area contributed by atoms with Crippen molar-refractivity contribution in [1.29, 1.82) is 0 Å². The van der Waals surface area contributed by atoms with Crippen LogP contribution >= 0.6 is 0 Å². The molecule has 1 aromatic carbocycles. The average molecular weight is 390 g/mol. The molecule has 1 aliphatic heterocycles. The van der Waals surface area contributed by atoms with Crippen LogP contribution in [0.3, 0.4) is 0 Å². The van der Waals surface area contributed by atoms with Gasteiger partial charge in [-0.25, -0.2) is 9.97 Å². The van der Waals surface area contributed by atoms with Gasteiger partial charge in [0.05, 0.1) is 7.11 Å². The molecular weight excluding hydrogens is 370 g/mol. The van der Waals surface area contributed by atoms with Crippen LogP contribution in [0.25, 0.3) is 6.08 Å². The summed E-state index contributed by atoms with van der Waals surface area (Å²) in [5, 5.41) is 0. The summed E-state index contributed by atoms with van der Waals surface area (Å²) in [4.78, 5) is 24.6. The first-order valence-corrected chi connectivity index (χ1v) is 8.68. The summed E-state index contributed by atoms with van der Waals surface area (Å²) in [5.74, 6) is 0.649. The Hall–Kier alpha value is -3.23. The Morgan fingerprint density at radius 2 is 1.86 bits per heavy atom. The molecule has 0 unspecified atom stereocenters. The normalized spacial score (nSPS) is 14.6. The number of rotatable bonds is 6. The first-order valence-electron chi connectivity index (χ1n) is 8.68. The predicted molar refractivity (Wildman–Crippen MR) is 99.5 cm³/mol. The minimum Gasteiger partial charge on any atom is -0.493 e. The van der Waals surface area contributed by atoms with Crippen LogP contribution in [0.2, 0.25) is 0 Å². The summed E-state index contributed by atoms with van der Waals surface area (Å²) in [5.41, 5.74) is 0.642. The number of hydrogen-bond acceptors (Lipinski definition) is 6. The number of methoxy groups -OCH3 is 1. The highest BCUT2D eigenvalue weighted by Crippen LogP contribution is 2.29. The van der Waals surface area contributed by atoms with E-state index in [0.29, 0.717) is 37.7 Å². The lowest BCUT2D eigenvalue weighted by atomic mass is 10.2. The lowest BCUT2D eigenvalue weighted by Gasteiger charge is -2.34. The maximum Gasteiger partial charge on any atom is 0.387 e. The fourth-order valence-electron chi connectivity index (χ4n) is 2.84. The van der Waals surface area contributed by atoms with Crippen LogP contribution in [0.4, 0.5) is 14.7 Å². The molecule has 0 atom stereocenters. The van der Waals surface area contributed by atoms with Crippen LogP contribution < -0.4 is 14.4 Å². The van der Waals surface area contributed by atoms with Gasteiger partial charge in [0.1, 0.15) is 0 Å². The van der Waals surface area contributed by atoms with Gasteiger partial charge in [-0.1, -0.05) is 6.07 Å². The minimum absolute atomic E-state index is 0.0553. The summed E-state index contributed by atoms with van der Waals surface area (Å²) in [6.45, 7) is -0.511. The summed E-state index contributed by atoms with van der Waals surface area (Å²) in [6, 6.07) is 6.25. The van der Waals surface area contributed by atoms with E-state index in [1.165, 1.54) is 25.3 Å². The van der Waals surface area contributed by atoms with Crippen molar-refractivity contribution in [2.24, 2.45) is 0 Å². The standard InChI is InChI=1S/C19H20F2N4O3/c1-27-16-13-14(3-5-15(16)28-18(20)21)4-6-17(26)24-9-11-25(12-10-24)19-22-7-2-8-23-19/h2-8,13,18H,9-12H2,1H3. The van der Waals surface area contributed by atoms with E-state index in [0.717, 1.165) is 0 Å². The van der Waals surface area contributed by atoms with Gasteiger partial charge in [-0.3, -0.25) is 4.79 Å². The second-order valence-electron chi connectivity index (χ2n) is 5.98. The molecule has 0 N–H and O–H groups in total. The molecule has 2 aromatic rings. The monoisotopic (exact) mass is 390 g/mol.